The number of non-ortho nitro benzene ring substituents is 1. The summed E-state index contributed by atoms with van der Waals surface area (Å²) in [6, 6.07) is 19.5. The van der Waals surface area contributed by atoms with E-state index in [0.29, 0.717) is 21.2 Å². The van der Waals surface area contributed by atoms with E-state index >= 15 is 0 Å². The Bertz CT molecular complexity index is 1610. The van der Waals surface area contributed by atoms with Crippen molar-refractivity contribution in [3.05, 3.63) is 116 Å². The van der Waals surface area contributed by atoms with Crippen LogP contribution in [-0.4, -0.2) is 31.9 Å². The highest BCUT2D eigenvalue weighted by Gasteiger charge is 2.48. The molecule has 5 rings (SSSR count). The van der Waals surface area contributed by atoms with Crippen LogP contribution in [0.2, 0.25) is 0 Å². The number of nitro benzene ring substituents is 1. The topological polar surface area (TPSA) is 127 Å². The molecular weight excluding hydrogens is 536 g/mol. The van der Waals surface area contributed by atoms with E-state index in [1.165, 1.54) is 30.0 Å². The van der Waals surface area contributed by atoms with Gasteiger partial charge < -0.3 is 5.11 Å². The quantitative estimate of drug-likeness (QED) is 0.0558. The third-order valence-corrected chi connectivity index (χ3v) is 8.38. The number of thioether (sulfide) groups is 1. The molecule has 1 amide bonds. The van der Waals surface area contributed by atoms with Gasteiger partial charge >= 0.3 is 5.91 Å². The van der Waals surface area contributed by atoms with Crippen molar-refractivity contribution >= 4 is 51.4 Å². The van der Waals surface area contributed by atoms with E-state index < -0.39 is 22.7 Å². The van der Waals surface area contributed by atoms with Gasteiger partial charge in [-0.05, 0) is 25.0 Å². The lowest BCUT2D eigenvalue weighted by atomic mass is 9.95. The van der Waals surface area contributed by atoms with E-state index in [9.17, 15) is 24.8 Å². The minimum absolute atomic E-state index is 0.156. The SMILES string of the molecule is Cc1ccc(CSc2nnc(N3C(=O)C(=O)/C(=C(\O)c4ccc(C)cc4)C3c3cccc([N+](=O)[O-])c3)s2)cc1. The summed E-state index contributed by atoms with van der Waals surface area (Å²) in [6.45, 7) is 3.90. The number of anilines is 1. The van der Waals surface area contributed by atoms with Gasteiger partial charge in [-0.15, -0.1) is 10.2 Å². The molecule has 0 saturated carbocycles. The Labute approximate surface area is 232 Å². The number of rotatable bonds is 7. The monoisotopic (exact) mass is 558 g/mol. The first-order valence-corrected chi connectivity index (χ1v) is 13.7. The number of benzene rings is 3. The number of aromatic nitrogens is 2. The summed E-state index contributed by atoms with van der Waals surface area (Å²) in [4.78, 5) is 38.8. The Balaban J connectivity index is 1.56. The largest absolute Gasteiger partial charge is 0.507 e. The first-order chi connectivity index (χ1) is 18.7. The van der Waals surface area contributed by atoms with Crippen LogP contribution in [0.25, 0.3) is 5.76 Å². The molecule has 1 aliphatic heterocycles. The molecule has 1 aliphatic rings. The van der Waals surface area contributed by atoms with E-state index in [-0.39, 0.29) is 22.2 Å². The van der Waals surface area contributed by atoms with Crippen LogP contribution < -0.4 is 4.90 Å². The summed E-state index contributed by atoms with van der Waals surface area (Å²) < 4.78 is 0.587. The van der Waals surface area contributed by atoms with Crippen molar-refractivity contribution in [1.29, 1.82) is 0 Å². The highest BCUT2D eigenvalue weighted by molar-refractivity contribution is 8.00. The van der Waals surface area contributed by atoms with Gasteiger partial charge in [0.25, 0.3) is 11.5 Å². The number of aryl methyl sites for hydroxylation is 2. The van der Waals surface area contributed by atoms with Crippen molar-refractivity contribution in [2.24, 2.45) is 0 Å². The number of aliphatic hydroxyl groups is 1. The van der Waals surface area contributed by atoms with Crippen LogP contribution in [0.4, 0.5) is 10.8 Å². The summed E-state index contributed by atoms with van der Waals surface area (Å²) >= 11 is 2.58. The number of Topliss-reactive ketones (excluding diaryl/α,β-unsaturated/α-hetero) is 1. The molecular formula is C28H22N4O5S2. The molecule has 39 heavy (non-hydrogen) atoms. The minimum atomic E-state index is -1.13. The first kappa shape index (κ1) is 26.3. The summed E-state index contributed by atoms with van der Waals surface area (Å²) in [5, 5.41) is 31.3. The highest BCUT2D eigenvalue weighted by Crippen LogP contribution is 2.44. The van der Waals surface area contributed by atoms with Gasteiger partial charge in [-0.3, -0.25) is 24.6 Å². The van der Waals surface area contributed by atoms with E-state index in [1.54, 1.807) is 30.3 Å². The molecule has 0 radical (unpaired) electrons. The maximum absolute atomic E-state index is 13.4. The molecule has 196 valence electrons. The molecule has 1 N–H and O–H groups in total. The van der Waals surface area contributed by atoms with Crippen molar-refractivity contribution < 1.29 is 19.6 Å². The molecule has 1 atom stereocenters. The zero-order valence-electron chi connectivity index (χ0n) is 20.9. The third kappa shape index (κ3) is 5.31. The molecule has 11 heteroatoms. The Morgan fingerprint density at radius 1 is 1.03 bits per heavy atom. The fraction of sp³-hybridized carbons (Fsp3) is 0.143. The molecule has 1 aromatic heterocycles. The molecule has 0 aliphatic carbocycles. The number of carbonyl (C=O) groups excluding carboxylic acids is 2. The number of hydrogen-bond donors (Lipinski definition) is 1. The van der Waals surface area contributed by atoms with Gasteiger partial charge in [0, 0.05) is 23.4 Å². The second-order valence-electron chi connectivity index (χ2n) is 9.01. The Morgan fingerprint density at radius 2 is 1.69 bits per heavy atom. The van der Waals surface area contributed by atoms with Gasteiger partial charge in [0.15, 0.2) is 4.34 Å². The number of amides is 1. The van der Waals surface area contributed by atoms with Crippen LogP contribution in [0.3, 0.4) is 0 Å². The van der Waals surface area contributed by atoms with E-state index in [0.717, 1.165) is 32.9 Å². The van der Waals surface area contributed by atoms with Gasteiger partial charge in [-0.1, -0.05) is 94.9 Å². The molecule has 0 spiro atoms. The zero-order chi connectivity index (χ0) is 27.7. The maximum Gasteiger partial charge on any atom is 0.301 e. The summed E-state index contributed by atoms with van der Waals surface area (Å²) in [5.74, 6) is -1.54. The number of nitro groups is 1. The highest BCUT2D eigenvalue weighted by atomic mass is 32.2. The Kier molecular flexibility index (Phi) is 7.27. The fourth-order valence-corrected chi connectivity index (χ4v) is 6.03. The van der Waals surface area contributed by atoms with Crippen LogP contribution in [0, 0.1) is 24.0 Å². The molecule has 0 bridgehead atoms. The van der Waals surface area contributed by atoms with Crippen LogP contribution >= 0.6 is 23.1 Å². The average molecular weight is 559 g/mol. The van der Waals surface area contributed by atoms with Crippen molar-refractivity contribution in [1.82, 2.24) is 10.2 Å². The van der Waals surface area contributed by atoms with E-state index in [2.05, 4.69) is 10.2 Å². The molecule has 2 heterocycles. The van der Waals surface area contributed by atoms with Crippen molar-refractivity contribution in [2.45, 2.75) is 30.0 Å². The van der Waals surface area contributed by atoms with Crippen molar-refractivity contribution in [2.75, 3.05) is 4.90 Å². The second kappa shape index (κ2) is 10.8. The minimum Gasteiger partial charge on any atom is -0.507 e. The van der Waals surface area contributed by atoms with Crippen molar-refractivity contribution in [3.63, 3.8) is 0 Å². The Hall–Kier alpha value is -4.35. The van der Waals surface area contributed by atoms with Crippen molar-refractivity contribution in [3.8, 4) is 0 Å². The number of carbonyl (C=O) groups is 2. The van der Waals surface area contributed by atoms with Gasteiger partial charge in [0.05, 0.1) is 16.5 Å². The van der Waals surface area contributed by atoms with Gasteiger partial charge in [0.2, 0.25) is 5.13 Å². The van der Waals surface area contributed by atoms with Gasteiger partial charge in [0.1, 0.15) is 5.76 Å². The number of ketones is 1. The molecule has 1 fully saturated rings. The molecule has 1 saturated heterocycles. The van der Waals surface area contributed by atoms with Crippen LogP contribution in [0.15, 0.2) is 82.7 Å². The number of nitrogens with zero attached hydrogens (tertiary/aromatic N) is 4. The lowest BCUT2D eigenvalue weighted by Crippen LogP contribution is -2.29. The third-order valence-electron chi connectivity index (χ3n) is 6.25. The number of hydrogen-bond acceptors (Lipinski definition) is 9. The van der Waals surface area contributed by atoms with Gasteiger partial charge in [-0.2, -0.15) is 0 Å². The standard InChI is InChI=1S/C28H22N4O5S2/c1-16-6-10-18(11-7-16)15-38-28-30-29-27(39-28)31-23(20-4-3-5-21(14-20)32(36)37)22(25(34)26(31)35)24(33)19-12-8-17(2)9-13-19/h3-14,23,33H,15H2,1-2H3/b24-22-. The van der Waals surface area contributed by atoms with Crippen LogP contribution in [-0.2, 0) is 15.3 Å². The second-order valence-corrected chi connectivity index (χ2v) is 11.2. The molecule has 9 nitrogen and oxygen atoms in total. The summed E-state index contributed by atoms with van der Waals surface area (Å²) in [6.07, 6.45) is 0. The fourth-order valence-electron chi connectivity index (χ4n) is 4.21. The predicted octanol–water partition coefficient (Wildman–Crippen LogP) is 5.98. The predicted molar refractivity (Wildman–Crippen MR) is 150 cm³/mol. The van der Waals surface area contributed by atoms with E-state index in [4.69, 9.17) is 0 Å². The number of aliphatic hydroxyl groups excluding tert-OH is 1. The lowest BCUT2D eigenvalue weighted by molar-refractivity contribution is -0.384. The molecule has 3 aromatic carbocycles. The van der Waals surface area contributed by atoms with Crippen LogP contribution in [0.1, 0.15) is 33.9 Å². The van der Waals surface area contributed by atoms with Crippen LogP contribution in [0.5, 0.6) is 0 Å². The first-order valence-electron chi connectivity index (χ1n) is 11.9. The van der Waals surface area contributed by atoms with E-state index in [1.807, 2.05) is 38.1 Å². The zero-order valence-corrected chi connectivity index (χ0v) is 22.5. The normalized spacial score (nSPS) is 16.6. The molecule has 1 unspecified atom stereocenters. The maximum atomic E-state index is 13.4. The van der Waals surface area contributed by atoms with Gasteiger partial charge in [-0.25, -0.2) is 0 Å². The summed E-state index contributed by atoms with van der Waals surface area (Å²) in [5.41, 5.74) is 3.46. The smallest absolute Gasteiger partial charge is 0.301 e. The molecule has 4 aromatic rings. The Morgan fingerprint density at radius 3 is 2.36 bits per heavy atom. The lowest BCUT2D eigenvalue weighted by Gasteiger charge is -2.22. The average Bonchev–Trinajstić information content (AvgIpc) is 3.50. The summed E-state index contributed by atoms with van der Waals surface area (Å²) in [7, 11) is 0.